The van der Waals surface area contributed by atoms with Gasteiger partial charge in [0.25, 0.3) is 0 Å². The zero-order valence-electron chi connectivity index (χ0n) is 15.8. The number of aliphatic imine (C=N–C) groups is 1. The van der Waals surface area contributed by atoms with Crippen LogP contribution in [0.2, 0.25) is 0 Å². The minimum Gasteiger partial charge on any atom is -0.457 e. The number of para-hydroxylation sites is 1. The van der Waals surface area contributed by atoms with Gasteiger partial charge in [-0.05, 0) is 43.2 Å². The normalized spacial score (nSPS) is 14.9. The molecule has 0 radical (unpaired) electrons. The third-order valence-corrected chi connectivity index (χ3v) is 4.86. The third kappa shape index (κ3) is 4.71. The van der Waals surface area contributed by atoms with Gasteiger partial charge in [-0.15, -0.1) is 0 Å². The Kier molecular flexibility index (Phi) is 5.56. The maximum atomic E-state index is 6.05. The van der Waals surface area contributed by atoms with Crippen LogP contribution in [-0.2, 0) is 6.54 Å². The summed E-state index contributed by atoms with van der Waals surface area (Å²) < 4.78 is 7.92. The van der Waals surface area contributed by atoms with Gasteiger partial charge >= 0.3 is 0 Å². The van der Waals surface area contributed by atoms with E-state index in [1.807, 2.05) is 60.7 Å². The van der Waals surface area contributed by atoms with Crippen molar-refractivity contribution in [3.8, 4) is 11.5 Å². The molecule has 28 heavy (non-hydrogen) atoms. The molecule has 1 aliphatic carbocycles. The number of nitrogens with two attached hydrogens (primary N) is 1. The Labute approximate surface area is 165 Å². The lowest BCUT2D eigenvalue weighted by Crippen LogP contribution is -2.22. The minimum atomic E-state index is 0.354. The molecule has 6 nitrogen and oxygen atoms in total. The fourth-order valence-corrected chi connectivity index (χ4v) is 3.45. The van der Waals surface area contributed by atoms with Crippen LogP contribution in [0.1, 0.15) is 37.4 Å². The zero-order valence-corrected chi connectivity index (χ0v) is 15.8. The van der Waals surface area contributed by atoms with Crippen molar-refractivity contribution < 1.29 is 4.74 Å². The zero-order chi connectivity index (χ0) is 19.2. The molecule has 144 valence electrons. The number of guanidine groups is 1. The highest BCUT2D eigenvalue weighted by atomic mass is 16.5. The first-order chi connectivity index (χ1) is 13.8. The number of aromatic nitrogens is 2. The second-order valence-electron chi connectivity index (χ2n) is 6.99. The second kappa shape index (κ2) is 8.61. The van der Waals surface area contributed by atoms with Gasteiger partial charge in [0, 0.05) is 18.0 Å². The number of nitrogens with zero attached hydrogens (tertiary/aromatic N) is 3. The molecular weight excluding hydrogens is 350 g/mol. The molecule has 4 rings (SSSR count). The van der Waals surface area contributed by atoms with Crippen LogP contribution in [0.3, 0.4) is 0 Å². The maximum Gasteiger partial charge on any atom is 0.193 e. The number of hydrogen-bond acceptors (Lipinski definition) is 3. The van der Waals surface area contributed by atoms with Crippen LogP contribution >= 0.6 is 0 Å². The smallest absolute Gasteiger partial charge is 0.193 e. The molecule has 3 aromatic rings. The van der Waals surface area contributed by atoms with Gasteiger partial charge in [-0.25, -0.2) is 4.99 Å². The number of rotatable bonds is 6. The Morgan fingerprint density at radius 3 is 2.68 bits per heavy atom. The maximum absolute atomic E-state index is 6.05. The van der Waals surface area contributed by atoms with E-state index in [0.717, 1.165) is 22.9 Å². The van der Waals surface area contributed by atoms with E-state index in [0.29, 0.717) is 18.5 Å². The minimum absolute atomic E-state index is 0.354. The van der Waals surface area contributed by atoms with Crippen LogP contribution in [0.25, 0.3) is 0 Å². The molecule has 1 aliphatic rings. The third-order valence-electron chi connectivity index (χ3n) is 4.86. The van der Waals surface area contributed by atoms with Crippen molar-refractivity contribution in [1.29, 1.82) is 0 Å². The van der Waals surface area contributed by atoms with Gasteiger partial charge in [0.15, 0.2) is 5.96 Å². The summed E-state index contributed by atoms with van der Waals surface area (Å²) >= 11 is 0. The molecule has 0 spiro atoms. The largest absolute Gasteiger partial charge is 0.457 e. The van der Waals surface area contributed by atoms with Crippen LogP contribution in [0.5, 0.6) is 11.5 Å². The molecule has 1 saturated carbocycles. The highest BCUT2D eigenvalue weighted by Gasteiger charge is 2.17. The Balaban J connectivity index is 1.35. The topological polar surface area (TPSA) is 77.5 Å². The second-order valence-corrected chi connectivity index (χ2v) is 6.99. The number of benzene rings is 2. The molecule has 6 heteroatoms. The van der Waals surface area contributed by atoms with E-state index in [4.69, 9.17) is 10.5 Å². The molecule has 0 amide bonds. The summed E-state index contributed by atoms with van der Waals surface area (Å²) in [4.78, 5) is 4.41. The van der Waals surface area contributed by atoms with Gasteiger partial charge in [-0.3, -0.25) is 4.68 Å². The molecule has 3 N–H and O–H groups in total. The first-order valence-electron chi connectivity index (χ1n) is 9.70. The van der Waals surface area contributed by atoms with Crippen molar-refractivity contribution >= 4 is 11.6 Å². The molecule has 1 fully saturated rings. The molecule has 0 unspecified atom stereocenters. The van der Waals surface area contributed by atoms with E-state index in [1.165, 1.54) is 25.7 Å². The van der Waals surface area contributed by atoms with E-state index in [1.54, 1.807) is 0 Å². The van der Waals surface area contributed by atoms with E-state index >= 15 is 0 Å². The predicted octanol–water partition coefficient (Wildman–Crippen LogP) is 4.72. The average Bonchev–Trinajstić information content (AvgIpc) is 3.39. The number of ether oxygens (including phenoxy) is 1. The lowest BCUT2D eigenvalue weighted by atomic mass is 10.3. The Bertz CT molecular complexity index is 929. The van der Waals surface area contributed by atoms with Crippen LogP contribution in [0.15, 0.2) is 71.9 Å². The molecule has 1 heterocycles. The van der Waals surface area contributed by atoms with Gasteiger partial charge in [-0.1, -0.05) is 37.1 Å². The number of hydrogen-bond donors (Lipinski definition) is 2. The molecule has 0 atom stereocenters. The van der Waals surface area contributed by atoms with Crippen molar-refractivity contribution in [3.05, 3.63) is 72.6 Å². The van der Waals surface area contributed by atoms with Crippen LogP contribution in [0.4, 0.5) is 5.69 Å². The van der Waals surface area contributed by atoms with Gasteiger partial charge < -0.3 is 15.8 Å². The standard InChI is InChI=1S/C22H25N5O/c23-22(24-16-18-13-14-27(26-18)19-8-4-5-9-19)25-17-7-6-12-21(15-17)28-20-10-2-1-3-11-20/h1-3,6-7,10-15,19H,4-5,8-9,16H2,(H3,23,24,25). The monoisotopic (exact) mass is 375 g/mol. The predicted molar refractivity (Wildman–Crippen MR) is 112 cm³/mol. The fraction of sp³-hybridized carbons (Fsp3) is 0.273. The SMILES string of the molecule is NC(=NCc1ccn(C2CCCC2)n1)Nc1cccc(Oc2ccccc2)c1. The number of anilines is 1. The van der Waals surface area contributed by atoms with Crippen LogP contribution < -0.4 is 15.8 Å². The van der Waals surface area contributed by atoms with Crippen molar-refractivity contribution in [2.75, 3.05) is 5.32 Å². The molecule has 0 bridgehead atoms. The summed E-state index contributed by atoms with van der Waals surface area (Å²) in [7, 11) is 0. The van der Waals surface area contributed by atoms with Crippen molar-refractivity contribution in [2.45, 2.75) is 38.3 Å². The first kappa shape index (κ1) is 18.1. The lowest BCUT2D eigenvalue weighted by Gasteiger charge is -2.09. The summed E-state index contributed by atoms with van der Waals surface area (Å²) in [6.07, 6.45) is 7.07. The highest BCUT2D eigenvalue weighted by Crippen LogP contribution is 2.28. The summed E-state index contributed by atoms with van der Waals surface area (Å²) in [6.45, 7) is 0.457. The Hall–Kier alpha value is -3.28. The summed E-state index contributed by atoms with van der Waals surface area (Å²) in [5, 5.41) is 7.75. The Morgan fingerprint density at radius 1 is 1.07 bits per heavy atom. The molecule has 0 aliphatic heterocycles. The number of nitrogens with one attached hydrogen (secondary N) is 1. The molecular formula is C22H25N5O. The Morgan fingerprint density at radius 2 is 1.86 bits per heavy atom. The van der Waals surface area contributed by atoms with Crippen LogP contribution in [0, 0.1) is 0 Å². The van der Waals surface area contributed by atoms with Gasteiger partial charge in [-0.2, -0.15) is 5.10 Å². The summed E-state index contributed by atoms with van der Waals surface area (Å²) in [5.74, 6) is 1.88. The first-order valence-corrected chi connectivity index (χ1v) is 9.70. The summed E-state index contributed by atoms with van der Waals surface area (Å²) in [6, 6.07) is 19.9. The van der Waals surface area contributed by atoms with E-state index in [2.05, 4.69) is 26.3 Å². The lowest BCUT2D eigenvalue weighted by molar-refractivity contribution is 0.463. The van der Waals surface area contributed by atoms with Crippen LogP contribution in [-0.4, -0.2) is 15.7 Å². The molecule has 1 aromatic heterocycles. The van der Waals surface area contributed by atoms with Gasteiger partial charge in [0.1, 0.15) is 11.5 Å². The van der Waals surface area contributed by atoms with Crippen molar-refractivity contribution in [2.24, 2.45) is 10.7 Å². The quantitative estimate of drug-likeness (QED) is 0.483. The highest BCUT2D eigenvalue weighted by molar-refractivity contribution is 5.92. The fourth-order valence-electron chi connectivity index (χ4n) is 3.45. The summed E-state index contributed by atoms with van der Waals surface area (Å²) in [5.41, 5.74) is 7.80. The average molecular weight is 375 g/mol. The van der Waals surface area contributed by atoms with Gasteiger partial charge in [0.05, 0.1) is 18.3 Å². The van der Waals surface area contributed by atoms with E-state index < -0.39 is 0 Å². The van der Waals surface area contributed by atoms with E-state index in [-0.39, 0.29) is 0 Å². The van der Waals surface area contributed by atoms with Crippen molar-refractivity contribution in [1.82, 2.24) is 9.78 Å². The molecule has 0 saturated heterocycles. The van der Waals surface area contributed by atoms with E-state index in [9.17, 15) is 0 Å². The van der Waals surface area contributed by atoms with Crippen molar-refractivity contribution in [3.63, 3.8) is 0 Å². The molecule has 2 aromatic carbocycles. The van der Waals surface area contributed by atoms with Gasteiger partial charge in [0.2, 0.25) is 0 Å².